The maximum atomic E-state index is 5.77. The minimum atomic E-state index is 0.736. The Balaban J connectivity index is 1.33. The molecule has 0 amide bonds. The number of fused-ring (bicyclic) bond motifs is 3. The Bertz CT molecular complexity index is 730. The lowest BCUT2D eigenvalue weighted by Gasteiger charge is -2.19. The molecule has 0 unspecified atom stereocenters. The molecular weight excluding hydrogens is 296 g/mol. The molecule has 1 saturated heterocycles. The number of hydroxylamine groups is 1. The fraction of sp³-hybridized carbons (Fsp3) is 0.429. The highest BCUT2D eigenvalue weighted by atomic mass is 16.6. The van der Waals surface area contributed by atoms with Crippen LogP contribution in [0.15, 0.2) is 42.5 Å². The Morgan fingerprint density at radius 3 is 2.67 bits per heavy atom. The molecule has 24 heavy (non-hydrogen) atoms. The van der Waals surface area contributed by atoms with Crippen LogP contribution in [0.5, 0.6) is 0 Å². The molecule has 1 aliphatic heterocycles. The number of nitrogens with zero attached hydrogens (tertiary/aromatic N) is 1. The highest BCUT2D eigenvalue weighted by Crippen LogP contribution is 2.31. The molecule has 0 aromatic heterocycles. The molecule has 4 rings (SSSR count). The average molecular weight is 322 g/mol. The minimum absolute atomic E-state index is 0.736. The van der Waals surface area contributed by atoms with Crippen molar-refractivity contribution in [2.24, 2.45) is 0 Å². The second kappa shape index (κ2) is 7.37. The molecule has 0 atom stereocenters. The first-order chi connectivity index (χ1) is 11.9. The molecular formula is C21H26N2O. The van der Waals surface area contributed by atoms with Crippen LogP contribution in [0.2, 0.25) is 0 Å². The lowest BCUT2D eigenvalue weighted by Crippen LogP contribution is -2.30. The average Bonchev–Trinajstić information content (AvgIpc) is 2.86. The van der Waals surface area contributed by atoms with Gasteiger partial charge in [-0.15, -0.1) is 0 Å². The zero-order valence-electron chi connectivity index (χ0n) is 14.3. The highest BCUT2D eigenvalue weighted by molar-refractivity contribution is 5.92. The number of likely N-dealkylation sites (tertiary alicyclic amines) is 1. The topological polar surface area (TPSA) is 24.5 Å². The zero-order valence-corrected chi connectivity index (χ0v) is 14.3. The first-order valence-corrected chi connectivity index (χ1v) is 9.23. The van der Waals surface area contributed by atoms with Crippen molar-refractivity contribution < 1.29 is 4.84 Å². The Hall–Kier alpha value is -1.84. The molecule has 2 aromatic rings. The van der Waals surface area contributed by atoms with Crippen molar-refractivity contribution in [3.05, 3.63) is 53.6 Å². The summed E-state index contributed by atoms with van der Waals surface area (Å²) in [4.78, 5) is 8.30. The number of allylic oxidation sites excluding steroid dienone is 1. The van der Waals surface area contributed by atoms with Crippen LogP contribution < -0.4 is 5.48 Å². The summed E-state index contributed by atoms with van der Waals surface area (Å²) in [6.45, 7) is 4.20. The molecule has 126 valence electrons. The number of nitrogens with one attached hydrogen (secondary N) is 1. The van der Waals surface area contributed by atoms with Crippen molar-refractivity contribution >= 4 is 16.5 Å². The van der Waals surface area contributed by atoms with Gasteiger partial charge in [0, 0.05) is 12.1 Å². The van der Waals surface area contributed by atoms with Crippen LogP contribution in [0.1, 0.15) is 36.8 Å². The van der Waals surface area contributed by atoms with Crippen molar-refractivity contribution in [2.75, 3.05) is 26.2 Å². The number of rotatable bonds is 5. The summed E-state index contributed by atoms with van der Waals surface area (Å²) in [7, 11) is 0. The fourth-order valence-electron chi connectivity index (χ4n) is 3.88. The molecule has 0 saturated carbocycles. The van der Waals surface area contributed by atoms with Gasteiger partial charge in [0.2, 0.25) is 0 Å². The Morgan fingerprint density at radius 1 is 0.958 bits per heavy atom. The predicted molar refractivity (Wildman–Crippen MR) is 99.6 cm³/mol. The fourth-order valence-corrected chi connectivity index (χ4v) is 3.88. The van der Waals surface area contributed by atoms with Gasteiger partial charge >= 0.3 is 0 Å². The van der Waals surface area contributed by atoms with Gasteiger partial charge < -0.3 is 4.90 Å². The Morgan fingerprint density at radius 2 is 1.79 bits per heavy atom. The second-order valence-corrected chi connectivity index (χ2v) is 6.84. The third-order valence-corrected chi connectivity index (χ3v) is 5.23. The highest BCUT2D eigenvalue weighted by Gasteiger charge is 2.16. The third kappa shape index (κ3) is 3.33. The molecule has 3 nitrogen and oxygen atoms in total. The van der Waals surface area contributed by atoms with Gasteiger partial charge in [0.15, 0.2) is 0 Å². The van der Waals surface area contributed by atoms with Crippen LogP contribution in [-0.2, 0) is 11.3 Å². The van der Waals surface area contributed by atoms with E-state index >= 15 is 0 Å². The lowest BCUT2D eigenvalue weighted by molar-refractivity contribution is 0.0586. The van der Waals surface area contributed by atoms with Crippen LogP contribution in [0.25, 0.3) is 16.5 Å². The molecule has 1 heterocycles. The van der Waals surface area contributed by atoms with E-state index in [4.69, 9.17) is 4.84 Å². The summed E-state index contributed by atoms with van der Waals surface area (Å²) < 4.78 is 0. The van der Waals surface area contributed by atoms with E-state index in [-0.39, 0.29) is 0 Å². The van der Waals surface area contributed by atoms with Crippen LogP contribution in [-0.4, -0.2) is 31.1 Å². The van der Waals surface area contributed by atoms with Crippen molar-refractivity contribution in [3.8, 4) is 0 Å². The quantitative estimate of drug-likeness (QED) is 0.661. The SMILES string of the molecule is C1=C(NOCCN2CCCCCC2)c2ccc3ccccc3c2C1. The molecule has 3 heteroatoms. The smallest absolute Gasteiger partial charge is 0.0873 e. The largest absolute Gasteiger partial charge is 0.301 e. The van der Waals surface area contributed by atoms with Crippen molar-refractivity contribution in [2.45, 2.75) is 32.1 Å². The molecule has 1 aliphatic carbocycles. The van der Waals surface area contributed by atoms with Gasteiger partial charge in [0.05, 0.1) is 12.3 Å². The molecule has 0 spiro atoms. The molecule has 0 radical (unpaired) electrons. The number of hydrogen-bond donors (Lipinski definition) is 1. The van der Waals surface area contributed by atoms with E-state index in [0.29, 0.717) is 0 Å². The Labute approximate surface area is 144 Å². The maximum Gasteiger partial charge on any atom is 0.0873 e. The zero-order chi connectivity index (χ0) is 16.2. The molecule has 2 aromatic carbocycles. The van der Waals surface area contributed by atoms with Crippen LogP contribution in [0.4, 0.5) is 0 Å². The number of hydrogen-bond acceptors (Lipinski definition) is 3. The van der Waals surface area contributed by atoms with Crippen molar-refractivity contribution in [1.82, 2.24) is 10.4 Å². The minimum Gasteiger partial charge on any atom is -0.301 e. The first kappa shape index (κ1) is 15.7. The lowest BCUT2D eigenvalue weighted by atomic mass is 10.00. The monoisotopic (exact) mass is 322 g/mol. The summed E-state index contributed by atoms with van der Waals surface area (Å²) in [5.74, 6) is 0. The van der Waals surface area contributed by atoms with Gasteiger partial charge in [-0.25, -0.2) is 0 Å². The van der Waals surface area contributed by atoms with Crippen LogP contribution in [0.3, 0.4) is 0 Å². The predicted octanol–water partition coefficient (Wildman–Crippen LogP) is 4.13. The summed E-state index contributed by atoms with van der Waals surface area (Å²) in [6.07, 6.45) is 8.65. The van der Waals surface area contributed by atoms with E-state index in [1.807, 2.05) is 0 Å². The summed E-state index contributed by atoms with van der Waals surface area (Å²) in [5, 5.41) is 2.67. The van der Waals surface area contributed by atoms with E-state index < -0.39 is 0 Å². The molecule has 1 fully saturated rings. The van der Waals surface area contributed by atoms with Crippen LogP contribution >= 0.6 is 0 Å². The first-order valence-electron chi connectivity index (χ1n) is 9.23. The van der Waals surface area contributed by atoms with E-state index in [2.05, 4.69) is 52.9 Å². The van der Waals surface area contributed by atoms with Gasteiger partial charge in [-0.3, -0.25) is 10.3 Å². The Kier molecular flexibility index (Phi) is 4.81. The summed E-state index contributed by atoms with van der Waals surface area (Å²) >= 11 is 0. The van der Waals surface area contributed by atoms with Gasteiger partial charge in [0.25, 0.3) is 0 Å². The summed E-state index contributed by atoms with van der Waals surface area (Å²) in [5.41, 5.74) is 7.00. The van der Waals surface area contributed by atoms with E-state index in [1.54, 1.807) is 0 Å². The molecule has 2 aliphatic rings. The normalized spacial score (nSPS) is 18.2. The summed E-state index contributed by atoms with van der Waals surface area (Å²) in [6, 6.07) is 13.0. The van der Waals surface area contributed by atoms with E-state index in [0.717, 1.165) is 25.3 Å². The van der Waals surface area contributed by atoms with Crippen molar-refractivity contribution in [1.29, 1.82) is 0 Å². The molecule has 0 bridgehead atoms. The van der Waals surface area contributed by atoms with E-state index in [9.17, 15) is 0 Å². The van der Waals surface area contributed by atoms with Crippen LogP contribution in [0, 0.1) is 0 Å². The second-order valence-electron chi connectivity index (χ2n) is 6.84. The van der Waals surface area contributed by atoms with Gasteiger partial charge in [-0.2, -0.15) is 0 Å². The standard InChI is InChI=1S/C21H26N2O/c1-2-6-14-23(13-5-1)15-16-24-22-21-12-11-19-18-8-4-3-7-17(18)9-10-20(19)21/h3-4,7-10,12,22H,1-2,5-6,11,13-16H2. The van der Waals surface area contributed by atoms with Gasteiger partial charge in [-0.1, -0.05) is 55.3 Å². The number of benzene rings is 2. The van der Waals surface area contributed by atoms with Crippen molar-refractivity contribution in [3.63, 3.8) is 0 Å². The third-order valence-electron chi connectivity index (χ3n) is 5.23. The molecule has 1 N–H and O–H groups in total. The van der Waals surface area contributed by atoms with Gasteiger partial charge in [-0.05, 0) is 48.7 Å². The maximum absolute atomic E-state index is 5.77. The van der Waals surface area contributed by atoms with Gasteiger partial charge in [0.1, 0.15) is 0 Å². The van der Waals surface area contributed by atoms with E-state index in [1.165, 1.54) is 60.7 Å².